The van der Waals surface area contributed by atoms with E-state index in [9.17, 15) is 9.90 Å². The van der Waals surface area contributed by atoms with Gasteiger partial charge in [0.05, 0.1) is 0 Å². The van der Waals surface area contributed by atoms with Crippen LogP contribution in [0.15, 0.2) is 61.2 Å². The van der Waals surface area contributed by atoms with Gasteiger partial charge < -0.3 is 10.2 Å². The van der Waals surface area contributed by atoms with Crippen molar-refractivity contribution in [2.75, 3.05) is 0 Å². The van der Waals surface area contributed by atoms with Crippen LogP contribution in [-0.2, 0) is 0 Å². The summed E-state index contributed by atoms with van der Waals surface area (Å²) in [6.45, 7) is 3.73. The highest BCUT2D eigenvalue weighted by atomic mass is 16.4. The summed E-state index contributed by atoms with van der Waals surface area (Å²) in [6, 6.07) is 16.7. The molecule has 0 radical (unpaired) electrons. The van der Waals surface area contributed by atoms with Crippen molar-refractivity contribution < 1.29 is 15.0 Å². The van der Waals surface area contributed by atoms with E-state index in [0.29, 0.717) is 0 Å². The molecule has 0 bridgehead atoms. The van der Waals surface area contributed by atoms with Crippen LogP contribution in [-0.4, -0.2) is 16.2 Å². The van der Waals surface area contributed by atoms with Gasteiger partial charge in [0.2, 0.25) is 0 Å². The van der Waals surface area contributed by atoms with E-state index in [1.807, 2.05) is 42.5 Å². The number of phenols is 1. The average molecular weight is 290 g/mol. The molecule has 0 aliphatic heterocycles. The molecule has 0 aromatic heterocycles. The molecule has 0 saturated heterocycles. The van der Waals surface area contributed by atoms with Crippen LogP contribution in [0.5, 0.6) is 5.75 Å². The molecule has 0 unspecified atom stereocenters. The summed E-state index contributed by atoms with van der Waals surface area (Å²) in [6.07, 6.45) is 1.78. The van der Waals surface area contributed by atoms with E-state index >= 15 is 0 Å². The first-order valence-corrected chi connectivity index (χ1v) is 6.81. The second-order valence-electron chi connectivity index (χ2n) is 5.06. The molecule has 3 rings (SSSR count). The molecule has 3 nitrogen and oxygen atoms in total. The lowest BCUT2D eigenvalue weighted by molar-refractivity contribution is 0.0694. The third kappa shape index (κ3) is 2.44. The zero-order valence-corrected chi connectivity index (χ0v) is 11.8. The van der Waals surface area contributed by atoms with E-state index in [0.717, 1.165) is 27.5 Å². The van der Waals surface area contributed by atoms with Crippen molar-refractivity contribution in [1.29, 1.82) is 0 Å². The first-order valence-electron chi connectivity index (χ1n) is 6.81. The summed E-state index contributed by atoms with van der Waals surface area (Å²) in [5, 5.41) is 20.4. The maximum Gasteiger partial charge on any atom is 0.339 e. The van der Waals surface area contributed by atoms with Crippen LogP contribution < -0.4 is 0 Å². The number of fused-ring (bicyclic) bond motifs is 1. The minimum atomic E-state index is -1.14. The van der Waals surface area contributed by atoms with E-state index in [1.165, 1.54) is 12.1 Å². The fourth-order valence-corrected chi connectivity index (χ4v) is 2.45. The molecule has 0 aliphatic rings. The van der Waals surface area contributed by atoms with Gasteiger partial charge in [0, 0.05) is 0 Å². The molecule has 22 heavy (non-hydrogen) atoms. The van der Waals surface area contributed by atoms with Gasteiger partial charge in [0.25, 0.3) is 0 Å². The topological polar surface area (TPSA) is 57.5 Å². The summed E-state index contributed by atoms with van der Waals surface area (Å²) >= 11 is 0. The third-order valence-electron chi connectivity index (χ3n) is 3.66. The van der Waals surface area contributed by atoms with E-state index in [-0.39, 0.29) is 11.3 Å². The highest BCUT2D eigenvalue weighted by Gasteiger charge is 2.11. The molecule has 0 saturated carbocycles. The van der Waals surface area contributed by atoms with Crippen molar-refractivity contribution in [1.82, 2.24) is 0 Å². The number of hydrogen-bond donors (Lipinski definition) is 2. The second-order valence-corrected chi connectivity index (χ2v) is 5.06. The standard InChI is InChI=1S/C19H14O3/c1-2-12-3-5-13(6-4-12)14-7-8-15-11-18(20)17(19(21)22)10-16(15)9-14/h2-11,20H,1H2,(H,21,22). The highest BCUT2D eigenvalue weighted by Crippen LogP contribution is 2.29. The Morgan fingerprint density at radius 2 is 1.59 bits per heavy atom. The molecular weight excluding hydrogens is 276 g/mol. The predicted molar refractivity (Wildman–Crippen MR) is 88.1 cm³/mol. The molecule has 0 fully saturated rings. The van der Waals surface area contributed by atoms with E-state index < -0.39 is 5.97 Å². The normalized spacial score (nSPS) is 10.5. The maximum atomic E-state index is 11.1. The van der Waals surface area contributed by atoms with Crippen molar-refractivity contribution in [3.8, 4) is 16.9 Å². The number of benzene rings is 3. The van der Waals surface area contributed by atoms with Crippen LogP contribution in [0.1, 0.15) is 15.9 Å². The van der Waals surface area contributed by atoms with Gasteiger partial charge in [-0.05, 0) is 45.7 Å². The molecule has 3 heteroatoms. The fourth-order valence-electron chi connectivity index (χ4n) is 2.45. The number of carboxylic acids is 1. The monoisotopic (exact) mass is 290 g/mol. The molecule has 0 aliphatic carbocycles. The van der Waals surface area contributed by atoms with Crippen LogP contribution in [0.3, 0.4) is 0 Å². The van der Waals surface area contributed by atoms with Crippen molar-refractivity contribution >= 4 is 22.8 Å². The maximum absolute atomic E-state index is 11.1. The summed E-state index contributed by atoms with van der Waals surface area (Å²) < 4.78 is 0. The lowest BCUT2D eigenvalue weighted by Gasteiger charge is -2.07. The SMILES string of the molecule is C=Cc1ccc(-c2ccc3cc(O)c(C(=O)O)cc3c2)cc1. The van der Waals surface area contributed by atoms with Crippen molar-refractivity contribution in [2.24, 2.45) is 0 Å². The van der Waals surface area contributed by atoms with Gasteiger partial charge >= 0.3 is 5.97 Å². The quantitative estimate of drug-likeness (QED) is 0.743. The van der Waals surface area contributed by atoms with Crippen molar-refractivity contribution in [3.63, 3.8) is 0 Å². The lowest BCUT2D eigenvalue weighted by Crippen LogP contribution is -1.96. The number of hydrogen-bond acceptors (Lipinski definition) is 2. The van der Waals surface area contributed by atoms with Crippen LogP contribution in [0.4, 0.5) is 0 Å². The smallest absolute Gasteiger partial charge is 0.339 e. The van der Waals surface area contributed by atoms with E-state index in [4.69, 9.17) is 5.11 Å². The first kappa shape index (κ1) is 13.9. The molecule has 3 aromatic rings. The van der Waals surface area contributed by atoms with Crippen molar-refractivity contribution in [2.45, 2.75) is 0 Å². The highest BCUT2D eigenvalue weighted by molar-refractivity contribution is 5.98. The van der Waals surface area contributed by atoms with Gasteiger partial charge in [-0.3, -0.25) is 0 Å². The first-order chi connectivity index (χ1) is 10.6. The molecule has 3 aromatic carbocycles. The third-order valence-corrected chi connectivity index (χ3v) is 3.66. The van der Waals surface area contributed by atoms with E-state index in [1.54, 1.807) is 6.08 Å². The summed E-state index contributed by atoms with van der Waals surface area (Å²) in [5.74, 6) is -1.36. The molecule has 2 N–H and O–H groups in total. The number of carbonyl (C=O) groups is 1. The summed E-state index contributed by atoms with van der Waals surface area (Å²) in [4.78, 5) is 11.1. The minimum absolute atomic E-state index is 0.0911. The largest absolute Gasteiger partial charge is 0.507 e. The van der Waals surface area contributed by atoms with Gasteiger partial charge in [-0.1, -0.05) is 49.1 Å². The molecule has 0 spiro atoms. The average Bonchev–Trinajstić information content (AvgIpc) is 2.53. The number of aromatic carboxylic acids is 1. The van der Waals surface area contributed by atoms with Gasteiger partial charge in [0.15, 0.2) is 0 Å². The second kappa shape index (κ2) is 5.37. The molecule has 108 valence electrons. The Balaban J connectivity index is 2.13. The number of aromatic hydroxyl groups is 1. The van der Waals surface area contributed by atoms with Gasteiger partial charge in [-0.2, -0.15) is 0 Å². The zero-order valence-electron chi connectivity index (χ0n) is 11.8. The fraction of sp³-hybridized carbons (Fsp3) is 0. The Labute approximate surface area is 127 Å². The minimum Gasteiger partial charge on any atom is -0.507 e. The summed E-state index contributed by atoms with van der Waals surface area (Å²) in [7, 11) is 0. The van der Waals surface area contributed by atoms with Crippen LogP contribution in [0.2, 0.25) is 0 Å². The van der Waals surface area contributed by atoms with Crippen LogP contribution >= 0.6 is 0 Å². The molecule has 0 heterocycles. The Morgan fingerprint density at radius 3 is 2.23 bits per heavy atom. The van der Waals surface area contributed by atoms with Gasteiger partial charge in [0.1, 0.15) is 11.3 Å². The number of rotatable bonds is 3. The van der Waals surface area contributed by atoms with Gasteiger partial charge in [-0.25, -0.2) is 4.79 Å². The van der Waals surface area contributed by atoms with Crippen LogP contribution in [0, 0.1) is 0 Å². The molecular formula is C19H14O3. The van der Waals surface area contributed by atoms with Crippen molar-refractivity contribution in [3.05, 3.63) is 72.3 Å². The van der Waals surface area contributed by atoms with E-state index in [2.05, 4.69) is 6.58 Å². The number of carboxylic acid groups (broad SMARTS) is 1. The molecule has 0 amide bonds. The Hall–Kier alpha value is -3.07. The van der Waals surface area contributed by atoms with Gasteiger partial charge in [-0.15, -0.1) is 0 Å². The Kier molecular flexibility index (Phi) is 3.39. The molecule has 0 atom stereocenters. The zero-order chi connectivity index (χ0) is 15.7. The van der Waals surface area contributed by atoms with Crippen LogP contribution in [0.25, 0.3) is 28.0 Å². The Bertz CT molecular complexity index is 877. The lowest BCUT2D eigenvalue weighted by atomic mass is 9.98. The summed E-state index contributed by atoms with van der Waals surface area (Å²) in [5.41, 5.74) is 2.98. The predicted octanol–water partition coefficient (Wildman–Crippen LogP) is 4.55. The Morgan fingerprint density at radius 1 is 0.909 bits per heavy atom.